The molecule has 5 heteroatoms. The number of benzene rings is 1. The highest BCUT2D eigenvalue weighted by atomic mass is 35.5. The van der Waals surface area contributed by atoms with E-state index in [1.165, 1.54) is 0 Å². The molecule has 96 valence electrons. The van der Waals surface area contributed by atoms with Crippen molar-refractivity contribution in [2.75, 3.05) is 39.3 Å². The SMILES string of the molecule is COCCOCCCOc1ccc(N)c(Cl)c1. The van der Waals surface area contributed by atoms with Crippen molar-refractivity contribution in [3.05, 3.63) is 23.2 Å². The molecule has 0 aliphatic carbocycles. The van der Waals surface area contributed by atoms with Gasteiger partial charge in [0.25, 0.3) is 0 Å². The number of nitrogen functional groups attached to an aromatic ring is 1. The lowest BCUT2D eigenvalue weighted by Gasteiger charge is -2.07. The van der Waals surface area contributed by atoms with Gasteiger partial charge in [-0.1, -0.05) is 11.6 Å². The zero-order chi connectivity index (χ0) is 12.5. The first-order chi connectivity index (χ1) is 8.24. The summed E-state index contributed by atoms with van der Waals surface area (Å²) in [5.74, 6) is 0.723. The average molecular weight is 260 g/mol. The molecule has 0 amide bonds. The lowest BCUT2D eigenvalue weighted by molar-refractivity contribution is 0.0644. The van der Waals surface area contributed by atoms with Gasteiger partial charge in [-0.2, -0.15) is 0 Å². The van der Waals surface area contributed by atoms with E-state index in [-0.39, 0.29) is 0 Å². The van der Waals surface area contributed by atoms with Crippen molar-refractivity contribution in [1.82, 2.24) is 0 Å². The molecule has 0 radical (unpaired) electrons. The molecule has 0 heterocycles. The average Bonchev–Trinajstić information content (AvgIpc) is 2.32. The number of methoxy groups -OCH3 is 1. The molecule has 2 N–H and O–H groups in total. The molecule has 0 spiro atoms. The highest BCUT2D eigenvalue weighted by Gasteiger charge is 1.99. The number of nitrogens with two attached hydrogens (primary N) is 1. The fraction of sp³-hybridized carbons (Fsp3) is 0.500. The van der Waals surface area contributed by atoms with E-state index in [1.54, 1.807) is 25.3 Å². The number of rotatable bonds is 8. The molecule has 0 unspecified atom stereocenters. The van der Waals surface area contributed by atoms with E-state index < -0.39 is 0 Å². The molecular weight excluding hydrogens is 242 g/mol. The lowest BCUT2D eigenvalue weighted by atomic mass is 10.3. The number of hydrogen-bond donors (Lipinski definition) is 1. The second-order valence-electron chi connectivity index (χ2n) is 3.49. The Bertz CT molecular complexity index is 334. The first-order valence-electron chi connectivity index (χ1n) is 5.48. The quantitative estimate of drug-likeness (QED) is 0.575. The molecule has 4 nitrogen and oxygen atoms in total. The molecule has 1 aromatic carbocycles. The van der Waals surface area contributed by atoms with Crippen LogP contribution in [0, 0.1) is 0 Å². The first-order valence-corrected chi connectivity index (χ1v) is 5.86. The van der Waals surface area contributed by atoms with Crippen LogP contribution in [0.2, 0.25) is 5.02 Å². The minimum atomic E-state index is 0.513. The summed E-state index contributed by atoms with van der Waals surface area (Å²) in [5, 5.41) is 0.513. The monoisotopic (exact) mass is 259 g/mol. The van der Waals surface area contributed by atoms with Crippen LogP contribution in [0.4, 0.5) is 5.69 Å². The van der Waals surface area contributed by atoms with Gasteiger partial charge in [-0.25, -0.2) is 0 Å². The van der Waals surface area contributed by atoms with E-state index in [0.29, 0.717) is 37.1 Å². The van der Waals surface area contributed by atoms with Crippen molar-refractivity contribution in [1.29, 1.82) is 0 Å². The Kier molecular flexibility index (Phi) is 6.77. The van der Waals surface area contributed by atoms with Crippen LogP contribution < -0.4 is 10.5 Å². The summed E-state index contributed by atoms with van der Waals surface area (Å²) in [6.45, 7) is 2.48. The highest BCUT2D eigenvalue weighted by molar-refractivity contribution is 6.33. The maximum Gasteiger partial charge on any atom is 0.120 e. The van der Waals surface area contributed by atoms with Crippen molar-refractivity contribution in [3.8, 4) is 5.75 Å². The largest absolute Gasteiger partial charge is 0.493 e. The van der Waals surface area contributed by atoms with Gasteiger partial charge in [0.05, 0.1) is 30.5 Å². The molecule has 1 rings (SSSR count). The Morgan fingerprint density at radius 1 is 1.18 bits per heavy atom. The van der Waals surface area contributed by atoms with Crippen molar-refractivity contribution in [2.24, 2.45) is 0 Å². The van der Waals surface area contributed by atoms with Gasteiger partial charge in [0.15, 0.2) is 0 Å². The maximum absolute atomic E-state index is 5.87. The van der Waals surface area contributed by atoms with Crippen LogP contribution in [0.1, 0.15) is 6.42 Å². The van der Waals surface area contributed by atoms with Crippen molar-refractivity contribution >= 4 is 17.3 Å². The molecule has 0 fully saturated rings. The summed E-state index contributed by atoms with van der Waals surface area (Å²) < 4.78 is 15.7. The summed E-state index contributed by atoms with van der Waals surface area (Å²) in [6.07, 6.45) is 0.825. The van der Waals surface area contributed by atoms with Gasteiger partial charge in [-0.15, -0.1) is 0 Å². The zero-order valence-corrected chi connectivity index (χ0v) is 10.7. The van der Waals surface area contributed by atoms with Gasteiger partial charge in [-0.3, -0.25) is 0 Å². The van der Waals surface area contributed by atoms with E-state index in [9.17, 15) is 0 Å². The van der Waals surface area contributed by atoms with Crippen LogP contribution in [0.3, 0.4) is 0 Å². The van der Waals surface area contributed by atoms with Gasteiger partial charge in [-0.05, 0) is 12.1 Å². The van der Waals surface area contributed by atoms with Crippen molar-refractivity contribution in [2.45, 2.75) is 6.42 Å². The molecule has 0 bridgehead atoms. The second-order valence-corrected chi connectivity index (χ2v) is 3.90. The van der Waals surface area contributed by atoms with Crippen LogP contribution >= 0.6 is 11.6 Å². The molecule has 0 aromatic heterocycles. The van der Waals surface area contributed by atoms with Crippen LogP contribution in [-0.4, -0.2) is 33.5 Å². The molecule has 1 aromatic rings. The Labute approximate surface area is 107 Å². The maximum atomic E-state index is 5.87. The van der Waals surface area contributed by atoms with Crippen LogP contribution in [-0.2, 0) is 9.47 Å². The molecular formula is C12H18ClNO3. The Morgan fingerprint density at radius 2 is 2.00 bits per heavy atom. The second kappa shape index (κ2) is 8.17. The Balaban J connectivity index is 2.11. The molecule has 0 aliphatic heterocycles. The molecule has 0 saturated carbocycles. The van der Waals surface area contributed by atoms with Crippen LogP contribution in [0.15, 0.2) is 18.2 Å². The fourth-order valence-electron chi connectivity index (χ4n) is 1.19. The van der Waals surface area contributed by atoms with Gasteiger partial charge in [0.1, 0.15) is 5.75 Å². The first kappa shape index (κ1) is 14.1. The molecule has 0 atom stereocenters. The number of ether oxygens (including phenoxy) is 3. The van der Waals surface area contributed by atoms with Crippen LogP contribution in [0.25, 0.3) is 0 Å². The number of hydrogen-bond acceptors (Lipinski definition) is 4. The predicted molar refractivity (Wildman–Crippen MR) is 68.7 cm³/mol. The Morgan fingerprint density at radius 3 is 2.71 bits per heavy atom. The van der Waals surface area contributed by atoms with Gasteiger partial charge in [0.2, 0.25) is 0 Å². The topological polar surface area (TPSA) is 53.7 Å². The third kappa shape index (κ3) is 5.77. The summed E-state index contributed by atoms with van der Waals surface area (Å²) in [5.41, 5.74) is 6.15. The van der Waals surface area contributed by atoms with Gasteiger partial charge < -0.3 is 19.9 Å². The summed E-state index contributed by atoms with van der Waals surface area (Å²) in [6, 6.07) is 5.24. The third-order valence-corrected chi connectivity index (χ3v) is 2.43. The van der Waals surface area contributed by atoms with Gasteiger partial charge >= 0.3 is 0 Å². The lowest BCUT2D eigenvalue weighted by Crippen LogP contribution is -2.06. The van der Waals surface area contributed by atoms with Crippen molar-refractivity contribution < 1.29 is 14.2 Å². The molecule has 17 heavy (non-hydrogen) atoms. The molecule has 0 saturated heterocycles. The summed E-state index contributed by atoms with van der Waals surface area (Å²) >= 11 is 5.87. The smallest absolute Gasteiger partial charge is 0.120 e. The van der Waals surface area contributed by atoms with E-state index in [0.717, 1.165) is 12.2 Å². The van der Waals surface area contributed by atoms with Gasteiger partial charge in [0, 0.05) is 26.2 Å². The van der Waals surface area contributed by atoms with E-state index in [1.807, 2.05) is 0 Å². The van der Waals surface area contributed by atoms with E-state index in [4.69, 9.17) is 31.5 Å². The van der Waals surface area contributed by atoms with E-state index in [2.05, 4.69) is 0 Å². The number of halogens is 1. The normalized spacial score (nSPS) is 10.5. The highest BCUT2D eigenvalue weighted by Crippen LogP contribution is 2.24. The standard InChI is InChI=1S/C12H18ClNO3/c1-15-7-8-16-5-2-6-17-10-3-4-12(14)11(13)9-10/h3-4,9H,2,5-8,14H2,1H3. The third-order valence-electron chi connectivity index (χ3n) is 2.11. The number of anilines is 1. The van der Waals surface area contributed by atoms with Crippen LogP contribution in [0.5, 0.6) is 5.75 Å². The predicted octanol–water partition coefficient (Wildman–Crippen LogP) is 2.35. The summed E-state index contributed by atoms with van der Waals surface area (Å²) in [4.78, 5) is 0. The molecule has 0 aliphatic rings. The minimum absolute atomic E-state index is 0.513. The minimum Gasteiger partial charge on any atom is -0.493 e. The van der Waals surface area contributed by atoms with E-state index >= 15 is 0 Å². The van der Waals surface area contributed by atoms with Crippen molar-refractivity contribution in [3.63, 3.8) is 0 Å². The summed E-state index contributed by atoms with van der Waals surface area (Å²) in [7, 11) is 1.65. The Hall–Kier alpha value is -0.970. The fourth-order valence-corrected chi connectivity index (χ4v) is 1.36. The zero-order valence-electron chi connectivity index (χ0n) is 9.95.